The van der Waals surface area contributed by atoms with Crippen LogP contribution in [0.25, 0.3) is 11.0 Å². The molecule has 0 aliphatic carbocycles. The van der Waals surface area contributed by atoms with Crippen molar-refractivity contribution < 1.29 is 9.53 Å². The number of nitrogens with one attached hydrogen (secondary N) is 1. The zero-order valence-corrected chi connectivity index (χ0v) is 10.7. The van der Waals surface area contributed by atoms with Crippen LogP contribution in [-0.4, -0.2) is 28.7 Å². The molecule has 7 nitrogen and oxygen atoms in total. The third-order valence-corrected chi connectivity index (χ3v) is 2.71. The van der Waals surface area contributed by atoms with E-state index in [9.17, 15) is 4.79 Å². The number of hydrogen-bond donors (Lipinski definition) is 3. The molecule has 0 atom stereocenters. The van der Waals surface area contributed by atoms with Crippen molar-refractivity contribution in [3.8, 4) is 5.75 Å². The lowest BCUT2D eigenvalue weighted by Gasteiger charge is -2.07. The monoisotopic (exact) mass is 263 g/mol. The van der Waals surface area contributed by atoms with Crippen molar-refractivity contribution in [3.05, 3.63) is 18.2 Å². The molecule has 19 heavy (non-hydrogen) atoms. The van der Waals surface area contributed by atoms with Gasteiger partial charge in [0.25, 0.3) is 0 Å². The average molecular weight is 263 g/mol. The van der Waals surface area contributed by atoms with Gasteiger partial charge in [0.1, 0.15) is 11.3 Å². The number of benzene rings is 1. The van der Waals surface area contributed by atoms with Crippen LogP contribution in [0.1, 0.15) is 6.92 Å². The van der Waals surface area contributed by atoms with E-state index in [1.54, 1.807) is 0 Å². The smallest absolute Gasteiger partial charge is 0.312 e. The molecule has 0 aliphatic heterocycles. The summed E-state index contributed by atoms with van der Waals surface area (Å²) >= 11 is 0. The zero-order valence-electron chi connectivity index (χ0n) is 10.7. The molecular weight excluding hydrogens is 246 g/mol. The van der Waals surface area contributed by atoms with Crippen LogP contribution in [0, 0.1) is 0 Å². The first-order valence-electron chi connectivity index (χ1n) is 6.04. The second-order valence-corrected chi connectivity index (χ2v) is 3.97. The number of fused-ring (bicyclic) bond motifs is 1. The minimum absolute atomic E-state index is 0.383. The molecule has 0 radical (unpaired) electrons. The quantitative estimate of drug-likeness (QED) is 0.737. The molecule has 2 rings (SSSR count). The van der Waals surface area contributed by atoms with Crippen LogP contribution in [0.3, 0.4) is 0 Å². The summed E-state index contributed by atoms with van der Waals surface area (Å²) in [5, 5.41) is 2.52. The number of nitrogens with zero attached hydrogens (tertiary/aromatic N) is 2. The van der Waals surface area contributed by atoms with Crippen molar-refractivity contribution >= 4 is 23.0 Å². The van der Waals surface area contributed by atoms with Gasteiger partial charge in [-0.25, -0.2) is 9.78 Å². The molecule has 5 N–H and O–H groups in total. The maximum atomic E-state index is 10.7. The van der Waals surface area contributed by atoms with E-state index in [0.717, 1.165) is 11.0 Å². The van der Waals surface area contributed by atoms with E-state index in [-0.39, 0.29) is 0 Å². The number of hydrogen-bond acceptors (Lipinski definition) is 4. The number of imidazole rings is 1. The van der Waals surface area contributed by atoms with Gasteiger partial charge in [-0.05, 0) is 19.1 Å². The van der Waals surface area contributed by atoms with Gasteiger partial charge in [-0.2, -0.15) is 0 Å². The molecule has 0 unspecified atom stereocenters. The fourth-order valence-corrected chi connectivity index (χ4v) is 1.94. The van der Waals surface area contributed by atoms with Gasteiger partial charge in [0, 0.05) is 13.1 Å². The molecule has 0 spiro atoms. The maximum Gasteiger partial charge on any atom is 0.312 e. The van der Waals surface area contributed by atoms with Crippen molar-refractivity contribution in [2.45, 2.75) is 13.5 Å². The number of carbonyl (C=O) groups is 1. The number of para-hydroxylation sites is 1. The summed E-state index contributed by atoms with van der Waals surface area (Å²) in [6.07, 6.45) is 0. The molecule has 7 heteroatoms. The predicted molar refractivity (Wildman–Crippen MR) is 72.9 cm³/mol. The third-order valence-electron chi connectivity index (χ3n) is 2.71. The lowest BCUT2D eigenvalue weighted by atomic mass is 10.3. The summed E-state index contributed by atoms with van der Waals surface area (Å²) in [5.41, 5.74) is 12.5. The Hall–Kier alpha value is -2.44. The number of ether oxygens (including phenoxy) is 1. The van der Waals surface area contributed by atoms with Crippen LogP contribution < -0.4 is 21.5 Å². The van der Waals surface area contributed by atoms with Gasteiger partial charge < -0.3 is 26.1 Å². The SMILES string of the molecule is CCOc1cccc2c1nc(N)n2CCNC(N)=O. The highest BCUT2D eigenvalue weighted by atomic mass is 16.5. The van der Waals surface area contributed by atoms with E-state index in [4.69, 9.17) is 16.2 Å². The van der Waals surface area contributed by atoms with Crippen molar-refractivity contribution in [2.24, 2.45) is 5.73 Å². The number of amides is 2. The molecule has 0 saturated heterocycles. The number of urea groups is 1. The van der Waals surface area contributed by atoms with E-state index in [2.05, 4.69) is 10.3 Å². The average Bonchev–Trinajstić information content (AvgIpc) is 2.67. The Bertz CT molecular complexity index is 593. The standard InChI is InChI=1S/C12H17N5O2/c1-2-19-9-5-3-4-8-10(9)16-11(13)17(8)7-6-15-12(14)18/h3-5H,2,6-7H2,1H3,(H2,13,16)(H3,14,15,18). The van der Waals surface area contributed by atoms with Crippen LogP contribution >= 0.6 is 0 Å². The summed E-state index contributed by atoms with van der Waals surface area (Å²) in [4.78, 5) is 15.0. The molecule has 0 bridgehead atoms. The normalized spacial score (nSPS) is 10.6. The first kappa shape index (κ1) is 13.0. The number of primary amides is 1. The maximum absolute atomic E-state index is 10.7. The van der Waals surface area contributed by atoms with Gasteiger partial charge >= 0.3 is 6.03 Å². The zero-order chi connectivity index (χ0) is 13.8. The number of rotatable bonds is 5. The van der Waals surface area contributed by atoms with E-state index >= 15 is 0 Å². The number of carbonyl (C=O) groups excluding carboxylic acids is 1. The minimum Gasteiger partial charge on any atom is -0.492 e. The lowest BCUT2D eigenvalue weighted by Crippen LogP contribution is -2.32. The van der Waals surface area contributed by atoms with E-state index in [1.165, 1.54) is 0 Å². The van der Waals surface area contributed by atoms with Gasteiger partial charge in [-0.15, -0.1) is 0 Å². The van der Waals surface area contributed by atoms with Crippen LogP contribution in [0.4, 0.5) is 10.7 Å². The fraction of sp³-hybridized carbons (Fsp3) is 0.333. The number of aromatic nitrogens is 2. The Balaban J connectivity index is 2.31. The Morgan fingerprint density at radius 2 is 2.32 bits per heavy atom. The molecule has 0 aliphatic rings. The number of nitrogens with two attached hydrogens (primary N) is 2. The third kappa shape index (κ3) is 2.70. The Morgan fingerprint density at radius 1 is 1.53 bits per heavy atom. The second-order valence-electron chi connectivity index (χ2n) is 3.97. The molecule has 1 heterocycles. The Morgan fingerprint density at radius 3 is 3.00 bits per heavy atom. The van der Waals surface area contributed by atoms with Crippen molar-refractivity contribution in [1.82, 2.24) is 14.9 Å². The summed E-state index contributed by atoms with van der Waals surface area (Å²) in [7, 11) is 0. The van der Waals surface area contributed by atoms with Crippen LogP contribution in [0.2, 0.25) is 0 Å². The molecule has 0 saturated carbocycles. The fourth-order valence-electron chi connectivity index (χ4n) is 1.94. The summed E-state index contributed by atoms with van der Waals surface area (Å²) in [5.74, 6) is 1.08. The topological polar surface area (TPSA) is 108 Å². The van der Waals surface area contributed by atoms with Crippen LogP contribution in [-0.2, 0) is 6.54 Å². The molecule has 2 amide bonds. The largest absolute Gasteiger partial charge is 0.492 e. The minimum atomic E-state index is -0.557. The van der Waals surface area contributed by atoms with E-state index in [1.807, 2.05) is 29.7 Å². The van der Waals surface area contributed by atoms with Crippen LogP contribution in [0.15, 0.2) is 18.2 Å². The van der Waals surface area contributed by atoms with Gasteiger partial charge in [0.2, 0.25) is 5.95 Å². The van der Waals surface area contributed by atoms with Gasteiger partial charge in [0.15, 0.2) is 0 Å². The molecule has 102 valence electrons. The van der Waals surface area contributed by atoms with E-state index in [0.29, 0.717) is 31.4 Å². The summed E-state index contributed by atoms with van der Waals surface area (Å²) in [6, 6.07) is 5.08. The lowest BCUT2D eigenvalue weighted by molar-refractivity contribution is 0.248. The number of nitrogen functional groups attached to an aromatic ring is 1. The second kappa shape index (κ2) is 5.47. The highest BCUT2D eigenvalue weighted by Gasteiger charge is 2.11. The Labute approximate surface area is 110 Å². The predicted octanol–water partition coefficient (Wildman–Crippen LogP) is 0.685. The summed E-state index contributed by atoms with van der Waals surface area (Å²) in [6.45, 7) is 3.37. The van der Waals surface area contributed by atoms with Gasteiger partial charge in [-0.3, -0.25) is 0 Å². The molecule has 1 aromatic carbocycles. The molecular formula is C12H17N5O2. The molecule has 0 fully saturated rings. The first-order chi connectivity index (χ1) is 9.13. The number of anilines is 1. The van der Waals surface area contributed by atoms with Crippen LogP contribution in [0.5, 0.6) is 5.75 Å². The Kier molecular flexibility index (Phi) is 3.74. The van der Waals surface area contributed by atoms with Crippen molar-refractivity contribution in [2.75, 3.05) is 18.9 Å². The van der Waals surface area contributed by atoms with Crippen molar-refractivity contribution in [1.29, 1.82) is 0 Å². The highest BCUT2D eigenvalue weighted by Crippen LogP contribution is 2.26. The highest BCUT2D eigenvalue weighted by molar-refractivity contribution is 5.84. The first-order valence-corrected chi connectivity index (χ1v) is 6.04. The molecule has 1 aromatic heterocycles. The summed E-state index contributed by atoms with van der Waals surface area (Å²) < 4.78 is 7.32. The van der Waals surface area contributed by atoms with Gasteiger partial charge in [0.05, 0.1) is 12.1 Å². The van der Waals surface area contributed by atoms with E-state index < -0.39 is 6.03 Å². The van der Waals surface area contributed by atoms with Crippen molar-refractivity contribution in [3.63, 3.8) is 0 Å². The van der Waals surface area contributed by atoms with Gasteiger partial charge in [-0.1, -0.05) is 6.07 Å². The molecule has 2 aromatic rings.